The summed E-state index contributed by atoms with van der Waals surface area (Å²) in [5.74, 6) is -0.708. The lowest BCUT2D eigenvalue weighted by atomic mass is 9.91. The number of anilines is 1. The van der Waals surface area contributed by atoms with Gasteiger partial charge in [-0.3, -0.25) is 9.78 Å². The van der Waals surface area contributed by atoms with Crippen LogP contribution in [0.3, 0.4) is 0 Å². The molecule has 0 aliphatic heterocycles. The van der Waals surface area contributed by atoms with Crippen LogP contribution in [0.4, 0.5) is 5.69 Å². The summed E-state index contributed by atoms with van der Waals surface area (Å²) in [7, 11) is -3.54. The molecule has 1 amide bonds. The first-order chi connectivity index (χ1) is 14.5. The average Bonchev–Trinajstić information content (AvgIpc) is 2.76. The predicted octanol–water partition coefficient (Wildman–Crippen LogP) is 3.88. The quantitative estimate of drug-likeness (QED) is 0.596. The minimum absolute atomic E-state index is 0.202. The van der Waals surface area contributed by atoms with Gasteiger partial charge in [-0.2, -0.15) is 4.31 Å². The number of carbonyl (C=O) groups excluding carboxylic acids is 1. The molecule has 0 aliphatic carbocycles. The Morgan fingerprint density at radius 1 is 0.900 bits per heavy atom. The van der Waals surface area contributed by atoms with Crippen molar-refractivity contribution in [3.8, 4) is 0 Å². The third-order valence-corrected chi connectivity index (χ3v) is 6.96. The second-order valence-electron chi connectivity index (χ2n) is 6.73. The van der Waals surface area contributed by atoms with E-state index in [1.54, 1.807) is 38.4 Å². The highest BCUT2D eigenvalue weighted by atomic mass is 32.2. The SMILES string of the molecule is CCN(CC)S(=O)(=O)c1ccc(NC(=O)C(c2ccccc2)c2ccncc2)cc1. The molecule has 7 heteroatoms. The molecule has 0 aliphatic rings. The number of benzene rings is 2. The minimum atomic E-state index is -3.54. The van der Waals surface area contributed by atoms with E-state index in [2.05, 4.69) is 10.3 Å². The number of amides is 1. The number of aromatic nitrogens is 1. The van der Waals surface area contributed by atoms with Crippen LogP contribution in [0.5, 0.6) is 0 Å². The smallest absolute Gasteiger partial charge is 0.243 e. The van der Waals surface area contributed by atoms with Gasteiger partial charge in [0.05, 0.1) is 10.8 Å². The maximum Gasteiger partial charge on any atom is 0.243 e. The molecular weight excluding hydrogens is 398 g/mol. The Morgan fingerprint density at radius 3 is 2.03 bits per heavy atom. The van der Waals surface area contributed by atoms with Gasteiger partial charge in [0.15, 0.2) is 0 Å². The van der Waals surface area contributed by atoms with Gasteiger partial charge >= 0.3 is 0 Å². The maximum absolute atomic E-state index is 13.1. The van der Waals surface area contributed by atoms with E-state index in [-0.39, 0.29) is 10.8 Å². The molecule has 0 radical (unpaired) electrons. The molecule has 1 unspecified atom stereocenters. The molecule has 3 aromatic rings. The molecule has 0 spiro atoms. The van der Waals surface area contributed by atoms with E-state index in [9.17, 15) is 13.2 Å². The highest BCUT2D eigenvalue weighted by molar-refractivity contribution is 7.89. The first-order valence-corrected chi connectivity index (χ1v) is 11.3. The Hall–Kier alpha value is -3.03. The van der Waals surface area contributed by atoms with Crippen LogP contribution in [0.15, 0.2) is 84.0 Å². The number of hydrogen-bond acceptors (Lipinski definition) is 4. The van der Waals surface area contributed by atoms with Gasteiger partial charge in [-0.1, -0.05) is 44.2 Å². The van der Waals surface area contributed by atoms with Crippen molar-refractivity contribution < 1.29 is 13.2 Å². The molecule has 2 aromatic carbocycles. The third-order valence-electron chi connectivity index (χ3n) is 4.90. The van der Waals surface area contributed by atoms with Gasteiger partial charge in [-0.15, -0.1) is 0 Å². The Bertz CT molecular complexity index is 1030. The van der Waals surface area contributed by atoms with Gasteiger partial charge in [0.1, 0.15) is 0 Å². The standard InChI is InChI=1S/C23H25N3O3S/c1-3-26(4-2)30(28,29)21-12-10-20(11-13-21)25-23(27)22(18-8-6-5-7-9-18)19-14-16-24-17-15-19/h5-17,22H,3-4H2,1-2H3,(H,25,27). The Kier molecular flexibility index (Phi) is 6.97. The number of rotatable bonds is 8. The lowest BCUT2D eigenvalue weighted by Crippen LogP contribution is -2.30. The number of pyridine rings is 1. The van der Waals surface area contributed by atoms with Crippen molar-refractivity contribution in [2.75, 3.05) is 18.4 Å². The summed E-state index contributed by atoms with van der Waals surface area (Å²) in [6.07, 6.45) is 3.32. The minimum Gasteiger partial charge on any atom is -0.325 e. The van der Waals surface area contributed by atoms with Crippen molar-refractivity contribution >= 4 is 21.6 Å². The van der Waals surface area contributed by atoms with Gasteiger partial charge in [-0.05, 0) is 47.5 Å². The van der Waals surface area contributed by atoms with Crippen molar-refractivity contribution in [1.82, 2.24) is 9.29 Å². The summed E-state index contributed by atoms with van der Waals surface area (Å²) in [4.78, 5) is 17.4. The number of carbonyl (C=O) groups is 1. The summed E-state index contributed by atoms with van der Waals surface area (Å²) in [6.45, 7) is 4.42. The fourth-order valence-electron chi connectivity index (χ4n) is 3.33. The van der Waals surface area contributed by atoms with Crippen LogP contribution >= 0.6 is 0 Å². The number of nitrogens with zero attached hydrogens (tertiary/aromatic N) is 2. The highest BCUT2D eigenvalue weighted by Gasteiger charge is 2.24. The zero-order valence-electron chi connectivity index (χ0n) is 17.0. The molecule has 30 heavy (non-hydrogen) atoms. The average molecular weight is 424 g/mol. The van der Waals surface area contributed by atoms with E-state index in [1.807, 2.05) is 42.5 Å². The van der Waals surface area contributed by atoms with E-state index in [4.69, 9.17) is 0 Å². The lowest BCUT2D eigenvalue weighted by Gasteiger charge is -2.19. The zero-order chi connectivity index (χ0) is 21.6. The summed E-state index contributed by atoms with van der Waals surface area (Å²) in [6, 6.07) is 19.4. The van der Waals surface area contributed by atoms with Crippen LogP contribution < -0.4 is 5.32 Å². The van der Waals surface area contributed by atoms with Crippen LogP contribution in [0.2, 0.25) is 0 Å². The van der Waals surface area contributed by atoms with Crippen LogP contribution in [0.25, 0.3) is 0 Å². The van der Waals surface area contributed by atoms with Gasteiger partial charge in [0.2, 0.25) is 15.9 Å². The van der Waals surface area contributed by atoms with E-state index >= 15 is 0 Å². The maximum atomic E-state index is 13.1. The van der Waals surface area contributed by atoms with E-state index in [0.717, 1.165) is 11.1 Å². The van der Waals surface area contributed by atoms with Gasteiger partial charge < -0.3 is 5.32 Å². The highest BCUT2D eigenvalue weighted by Crippen LogP contribution is 2.26. The summed E-state index contributed by atoms with van der Waals surface area (Å²) >= 11 is 0. The molecule has 0 saturated heterocycles. The van der Waals surface area contributed by atoms with Gasteiger partial charge in [0, 0.05) is 31.2 Å². The van der Waals surface area contributed by atoms with Crippen molar-refractivity contribution in [2.24, 2.45) is 0 Å². The molecule has 0 bridgehead atoms. The van der Waals surface area contributed by atoms with E-state index < -0.39 is 15.9 Å². The van der Waals surface area contributed by atoms with Crippen LogP contribution in [-0.2, 0) is 14.8 Å². The Balaban J connectivity index is 1.85. The predicted molar refractivity (Wildman–Crippen MR) is 118 cm³/mol. The molecule has 6 nitrogen and oxygen atoms in total. The van der Waals surface area contributed by atoms with E-state index in [1.165, 1.54) is 16.4 Å². The molecular formula is C23H25N3O3S. The number of nitrogens with one attached hydrogen (secondary N) is 1. The van der Waals surface area contributed by atoms with Crippen LogP contribution in [0, 0.1) is 0 Å². The molecule has 1 aromatic heterocycles. The largest absolute Gasteiger partial charge is 0.325 e. The zero-order valence-corrected chi connectivity index (χ0v) is 17.8. The fraction of sp³-hybridized carbons (Fsp3) is 0.217. The summed E-state index contributed by atoms with van der Waals surface area (Å²) in [5, 5.41) is 2.91. The topological polar surface area (TPSA) is 79.4 Å². The lowest BCUT2D eigenvalue weighted by molar-refractivity contribution is -0.116. The van der Waals surface area contributed by atoms with Crippen LogP contribution in [-0.4, -0.2) is 36.7 Å². The van der Waals surface area contributed by atoms with Gasteiger partial charge in [0.25, 0.3) is 0 Å². The van der Waals surface area contributed by atoms with Crippen molar-refractivity contribution in [3.05, 3.63) is 90.3 Å². The summed E-state index contributed by atoms with van der Waals surface area (Å²) < 4.78 is 26.7. The van der Waals surface area contributed by atoms with E-state index in [0.29, 0.717) is 18.8 Å². The number of sulfonamides is 1. The van der Waals surface area contributed by atoms with Crippen molar-refractivity contribution in [3.63, 3.8) is 0 Å². The third kappa shape index (κ3) is 4.75. The molecule has 0 saturated carbocycles. The second-order valence-corrected chi connectivity index (χ2v) is 8.67. The molecule has 156 valence electrons. The van der Waals surface area contributed by atoms with Crippen molar-refractivity contribution in [1.29, 1.82) is 0 Å². The fourth-order valence-corrected chi connectivity index (χ4v) is 4.79. The first kappa shape index (κ1) is 21.7. The molecule has 0 fully saturated rings. The summed E-state index contributed by atoms with van der Waals surface area (Å²) in [5.41, 5.74) is 2.23. The number of hydrogen-bond donors (Lipinski definition) is 1. The molecule has 1 atom stereocenters. The molecule has 1 N–H and O–H groups in total. The normalized spacial score (nSPS) is 12.5. The first-order valence-electron chi connectivity index (χ1n) is 9.83. The second kappa shape index (κ2) is 9.65. The van der Waals surface area contributed by atoms with Crippen LogP contribution in [0.1, 0.15) is 30.9 Å². The van der Waals surface area contributed by atoms with Crippen molar-refractivity contribution in [2.45, 2.75) is 24.7 Å². The molecule has 3 rings (SSSR count). The Labute approximate surface area is 177 Å². The molecule has 1 heterocycles. The van der Waals surface area contributed by atoms with Gasteiger partial charge in [-0.25, -0.2) is 8.42 Å². The Morgan fingerprint density at radius 2 is 1.47 bits per heavy atom. The monoisotopic (exact) mass is 423 g/mol.